The molecule has 0 saturated heterocycles. The summed E-state index contributed by atoms with van der Waals surface area (Å²) in [7, 11) is 0. The molecule has 2 heterocycles. The summed E-state index contributed by atoms with van der Waals surface area (Å²) in [4.78, 5) is 10.9. The topological polar surface area (TPSA) is 55.0 Å². The van der Waals surface area contributed by atoms with Gasteiger partial charge in [0.1, 0.15) is 5.82 Å². The van der Waals surface area contributed by atoms with Crippen molar-refractivity contribution < 1.29 is 0 Å². The maximum atomic E-state index is 5.81. The molecule has 0 amide bonds. The van der Waals surface area contributed by atoms with Gasteiger partial charge in [-0.15, -0.1) is 0 Å². The van der Waals surface area contributed by atoms with Crippen LogP contribution in [0.5, 0.6) is 0 Å². The molecule has 0 radical (unpaired) electrons. The number of rotatable bonds is 1. The number of hydrogen-bond donors (Lipinski definition) is 1. The van der Waals surface area contributed by atoms with E-state index in [1.165, 1.54) is 11.3 Å². The van der Waals surface area contributed by atoms with Crippen molar-refractivity contribution >= 4 is 17.5 Å². The monoisotopic (exact) mass is 268 g/mol. The maximum Gasteiger partial charge on any atom is 0.222 e. The van der Waals surface area contributed by atoms with E-state index in [1.54, 1.807) is 0 Å². The van der Waals surface area contributed by atoms with Gasteiger partial charge in [0.15, 0.2) is 0 Å². The molecule has 0 fully saturated rings. The number of para-hydroxylation sites is 1. The minimum Gasteiger partial charge on any atom is -0.368 e. The molecule has 2 aromatic rings. The van der Waals surface area contributed by atoms with Crippen LogP contribution in [-0.2, 0) is 0 Å². The Morgan fingerprint density at radius 3 is 2.70 bits per heavy atom. The van der Waals surface area contributed by atoms with Gasteiger partial charge in [0, 0.05) is 23.5 Å². The molecule has 2 atom stereocenters. The second-order valence-corrected chi connectivity index (χ2v) is 5.64. The number of hydrogen-bond acceptors (Lipinski definition) is 4. The molecular weight excluding hydrogens is 248 g/mol. The summed E-state index contributed by atoms with van der Waals surface area (Å²) in [6, 6.07) is 10.9. The second-order valence-electron chi connectivity index (χ2n) is 5.64. The van der Waals surface area contributed by atoms with Crippen molar-refractivity contribution in [2.24, 2.45) is 0 Å². The lowest BCUT2D eigenvalue weighted by Gasteiger charge is -2.39. The average Bonchev–Trinajstić information content (AvgIpc) is 2.37. The van der Waals surface area contributed by atoms with Crippen LogP contribution in [-0.4, -0.2) is 16.0 Å². The summed E-state index contributed by atoms with van der Waals surface area (Å²) in [6.45, 7) is 6.47. The minimum absolute atomic E-state index is 0.336. The van der Waals surface area contributed by atoms with Gasteiger partial charge in [-0.05, 0) is 37.8 Å². The second kappa shape index (κ2) is 4.78. The Morgan fingerprint density at radius 2 is 1.95 bits per heavy atom. The lowest BCUT2D eigenvalue weighted by molar-refractivity contribution is 0.543. The van der Waals surface area contributed by atoms with E-state index < -0.39 is 0 Å². The predicted molar refractivity (Wildman–Crippen MR) is 82.3 cm³/mol. The molecule has 0 bridgehead atoms. The van der Waals surface area contributed by atoms with Crippen molar-refractivity contribution in [2.75, 3.05) is 10.6 Å². The highest BCUT2D eigenvalue weighted by molar-refractivity contribution is 5.68. The zero-order valence-electron chi connectivity index (χ0n) is 12.2. The van der Waals surface area contributed by atoms with Crippen LogP contribution >= 0.6 is 0 Å². The Morgan fingerprint density at radius 1 is 1.20 bits per heavy atom. The fraction of sp³-hybridized carbons (Fsp3) is 0.375. The van der Waals surface area contributed by atoms with Gasteiger partial charge in [0.05, 0.1) is 0 Å². The molecule has 0 saturated carbocycles. The van der Waals surface area contributed by atoms with E-state index in [-0.39, 0.29) is 0 Å². The Bertz CT molecular complexity index is 618. The van der Waals surface area contributed by atoms with Gasteiger partial charge in [-0.25, -0.2) is 4.98 Å². The quantitative estimate of drug-likeness (QED) is 0.861. The largest absolute Gasteiger partial charge is 0.368 e. The predicted octanol–water partition coefficient (Wildman–Crippen LogP) is 3.40. The van der Waals surface area contributed by atoms with E-state index in [4.69, 9.17) is 5.73 Å². The van der Waals surface area contributed by atoms with Crippen molar-refractivity contribution in [3.8, 4) is 0 Å². The average molecular weight is 268 g/mol. The number of fused-ring (bicyclic) bond motifs is 1. The Hall–Kier alpha value is -2.10. The first-order valence-corrected chi connectivity index (χ1v) is 7.05. The summed E-state index contributed by atoms with van der Waals surface area (Å²) in [5, 5.41) is 0. The van der Waals surface area contributed by atoms with E-state index in [0.29, 0.717) is 17.9 Å². The Labute approximate surface area is 119 Å². The van der Waals surface area contributed by atoms with E-state index in [9.17, 15) is 0 Å². The smallest absolute Gasteiger partial charge is 0.222 e. The lowest BCUT2D eigenvalue weighted by atomic mass is 9.87. The van der Waals surface area contributed by atoms with Crippen LogP contribution in [0, 0.1) is 6.92 Å². The molecule has 3 rings (SSSR count). The molecule has 1 aromatic heterocycles. The fourth-order valence-corrected chi connectivity index (χ4v) is 3.15. The van der Waals surface area contributed by atoms with Gasteiger partial charge in [0.2, 0.25) is 5.95 Å². The van der Waals surface area contributed by atoms with Crippen molar-refractivity contribution in [3.63, 3.8) is 0 Å². The first-order valence-electron chi connectivity index (χ1n) is 7.05. The molecule has 2 unspecified atom stereocenters. The number of anilines is 3. The van der Waals surface area contributed by atoms with E-state index in [1.807, 2.05) is 13.0 Å². The van der Waals surface area contributed by atoms with Crippen molar-refractivity contribution in [1.29, 1.82) is 0 Å². The van der Waals surface area contributed by atoms with Gasteiger partial charge in [-0.1, -0.05) is 25.1 Å². The molecule has 2 N–H and O–H groups in total. The molecule has 1 aliphatic heterocycles. The molecule has 0 aliphatic carbocycles. The zero-order chi connectivity index (χ0) is 14.3. The van der Waals surface area contributed by atoms with Crippen LogP contribution < -0.4 is 10.6 Å². The standard InChI is InChI=1S/C16H20N4/c1-10-8-12(3)20(14-7-5-4-6-13(10)14)15-9-11(2)18-16(17)19-15/h4-7,9-10,12H,8H2,1-3H3,(H2,17,18,19). The molecule has 1 aromatic carbocycles. The molecule has 104 valence electrons. The maximum absolute atomic E-state index is 5.81. The number of nitrogen functional groups attached to an aromatic ring is 1. The summed E-state index contributed by atoms with van der Waals surface area (Å²) in [5.74, 6) is 1.79. The van der Waals surface area contributed by atoms with E-state index >= 15 is 0 Å². The highest BCUT2D eigenvalue weighted by atomic mass is 15.2. The molecule has 4 nitrogen and oxygen atoms in total. The summed E-state index contributed by atoms with van der Waals surface area (Å²) in [6.07, 6.45) is 1.11. The lowest BCUT2D eigenvalue weighted by Crippen LogP contribution is -2.35. The van der Waals surface area contributed by atoms with Crippen molar-refractivity contribution in [1.82, 2.24) is 9.97 Å². The number of aryl methyl sites for hydroxylation is 1. The first-order chi connectivity index (χ1) is 9.56. The van der Waals surface area contributed by atoms with Crippen LogP contribution in [0.4, 0.5) is 17.5 Å². The number of aromatic nitrogens is 2. The molecule has 0 spiro atoms. The van der Waals surface area contributed by atoms with Crippen molar-refractivity contribution in [3.05, 3.63) is 41.6 Å². The van der Waals surface area contributed by atoms with Crippen LogP contribution in [0.3, 0.4) is 0 Å². The van der Waals surface area contributed by atoms with Crippen LogP contribution in [0.1, 0.15) is 37.4 Å². The third kappa shape index (κ3) is 2.11. The Kier molecular flexibility index (Phi) is 3.08. The third-order valence-electron chi connectivity index (χ3n) is 3.97. The third-order valence-corrected chi connectivity index (χ3v) is 3.97. The van der Waals surface area contributed by atoms with Gasteiger partial charge in [-0.3, -0.25) is 0 Å². The molecule has 4 heteroatoms. The summed E-state index contributed by atoms with van der Waals surface area (Å²) in [5.41, 5.74) is 9.32. The molecular formula is C16H20N4. The Balaban J connectivity index is 2.15. The van der Waals surface area contributed by atoms with Crippen LogP contribution in [0.15, 0.2) is 30.3 Å². The number of nitrogens with zero attached hydrogens (tertiary/aromatic N) is 3. The summed E-state index contributed by atoms with van der Waals surface area (Å²) >= 11 is 0. The van der Waals surface area contributed by atoms with Gasteiger partial charge in [-0.2, -0.15) is 4.98 Å². The first kappa shape index (κ1) is 12.9. The van der Waals surface area contributed by atoms with Crippen LogP contribution in [0.2, 0.25) is 0 Å². The number of nitrogens with two attached hydrogens (primary N) is 1. The normalized spacial score (nSPS) is 21.6. The van der Waals surface area contributed by atoms with Gasteiger partial charge in [0.25, 0.3) is 0 Å². The molecule has 20 heavy (non-hydrogen) atoms. The van der Waals surface area contributed by atoms with Gasteiger partial charge < -0.3 is 10.6 Å². The minimum atomic E-state index is 0.336. The van der Waals surface area contributed by atoms with Crippen molar-refractivity contribution in [2.45, 2.75) is 39.2 Å². The van der Waals surface area contributed by atoms with E-state index in [0.717, 1.165) is 17.9 Å². The SMILES string of the molecule is Cc1cc(N2c3ccccc3C(C)CC2C)nc(N)n1. The van der Waals surface area contributed by atoms with Gasteiger partial charge >= 0.3 is 0 Å². The zero-order valence-corrected chi connectivity index (χ0v) is 12.2. The molecule has 1 aliphatic rings. The highest BCUT2D eigenvalue weighted by Gasteiger charge is 2.29. The fourth-order valence-electron chi connectivity index (χ4n) is 3.15. The van der Waals surface area contributed by atoms with E-state index in [2.05, 4.69) is 53.0 Å². The highest BCUT2D eigenvalue weighted by Crippen LogP contribution is 2.41. The number of benzene rings is 1. The van der Waals surface area contributed by atoms with Crippen LogP contribution in [0.25, 0.3) is 0 Å². The summed E-state index contributed by atoms with van der Waals surface area (Å²) < 4.78 is 0.